The highest BCUT2D eigenvalue weighted by Gasteiger charge is 2.38. The molecule has 0 saturated carbocycles. The Balaban J connectivity index is 2.94. The molecule has 5 nitrogen and oxygen atoms in total. The minimum atomic E-state index is -3.80. The number of hydrogen-bond donors (Lipinski definition) is 0. The van der Waals surface area contributed by atoms with E-state index < -0.39 is 23.4 Å². The summed E-state index contributed by atoms with van der Waals surface area (Å²) < 4.78 is 32.5. The molecule has 1 rings (SSSR count). The van der Waals surface area contributed by atoms with Crippen LogP contribution in [0.1, 0.15) is 53.4 Å². The van der Waals surface area contributed by atoms with Crippen molar-refractivity contribution in [3.8, 4) is 0 Å². The number of carbonyl (C=O) groups is 2. The molecule has 7 heteroatoms. The Morgan fingerprint density at radius 2 is 1.73 bits per heavy atom. The van der Waals surface area contributed by atoms with Gasteiger partial charge in [-0.25, -0.2) is 8.42 Å². The van der Waals surface area contributed by atoms with Gasteiger partial charge in [0.25, 0.3) is 0 Å². The summed E-state index contributed by atoms with van der Waals surface area (Å²) in [5, 5.41) is -1.12. The summed E-state index contributed by atoms with van der Waals surface area (Å²) in [6.45, 7) is 12.3. The van der Waals surface area contributed by atoms with Gasteiger partial charge in [0.1, 0.15) is 5.25 Å². The minimum Gasteiger partial charge on any atom is -0.417 e. The molecule has 1 aromatic rings. The van der Waals surface area contributed by atoms with Gasteiger partial charge in [0.15, 0.2) is 29.7 Å². The monoisotopic (exact) mass is 452 g/mol. The van der Waals surface area contributed by atoms with Crippen LogP contribution in [-0.4, -0.2) is 40.2 Å². The third kappa shape index (κ3) is 7.93. The number of ketones is 2. The molecular formula is C23H36O5SSi. The standard InChI is InChI=1S/C23H36O5SSi/c1-19(24)13-9-7-12-16-21(25)22(17-18-28-30(5,6)23(2,3)4)29(26,27)20-14-10-8-11-15-20/h8-11,13-15,22H,7,12,16-18H2,1-6H3/b13-9+. The Morgan fingerprint density at radius 3 is 2.27 bits per heavy atom. The Labute approximate surface area is 183 Å². The highest BCUT2D eigenvalue weighted by molar-refractivity contribution is 7.92. The van der Waals surface area contributed by atoms with Gasteiger partial charge in [-0.05, 0) is 62.5 Å². The number of carbonyl (C=O) groups excluding carboxylic acids is 2. The smallest absolute Gasteiger partial charge is 0.191 e. The van der Waals surface area contributed by atoms with Crippen LogP contribution in [0.3, 0.4) is 0 Å². The molecule has 0 spiro atoms. The SMILES string of the molecule is CC(=O)/C=C/CCCC(=O)C(CCO[Si](C)(C)C(C)(C)C)S(=O)(=O)c1ccccc1. The first kappa shape index (κ1) is 26.5. The molecule has 1 aromatic carbocycles. The van der Waals surface area contributed by atoms with Crippen LogP contribution in [0.5, 0.6) is 0 Å². The predicted octanol–water partition coefficient (Wildman–Crippen LogP) is 5.13. The zero-order valence-corrected chi connectivity index (χ0v) is 20.9. The first-order valence-corrected chi connectivity index (χ1v) is 14.9. The maximum Gasteiger partial charge on any atom is 0.191 e. The van der Waals surface area contributed by atoms with Gasteiger partial charge in [-0.15, -0.1) is 0 Å². The summed E-state index contributed by atoms with van der Waals surface area (Å²) in [4.78, 5) is 24.0. The molecule has 30 heavy (non-hydrogen) atoms. The molecule has 0 bridgehead atoms. The number of hydrogen-bond acceptors (Lipinski definition) is 5. The number of allylic oxidation sites excluding steroid dienone is 2. The Bertz CT molecular complexity index is 836. The van der Waals surface area contributed by atoms with E-state index in [9.17, 15) is 18.0 Å². The Morgan fingerprint density at radius 1 is 1.13 bits per heavy atom. The molecule has 0 N–H and O–H groups in total. The number of benzene rings is 1. The zero-order chi connectivity index (χ0) is 23.0. The van der Waals surface area contributed by atoms with Crippen LogP contribution in [-0.2, 0) is 23.9 Å². The minimum absolute atomic E-state index is 0.00780. The number of rotatable bonds is 12. The second-order valence-electron chi connectivity index (χ2n) is 9.12. The van der Waals surface area contributed by atoms with Crippen molar-refractivity contribution in [1.82, 2.24) is 0 Å². The largest absolute Gasteiger partial charge is 0.417 e. The summed E-state index contributed by atoms with van der Waals surface area (Å²) in [5.74, 6) is -0.345. The Hall–Kier alpha value is -1.57. The van der Waals surface area contributed by atoms with Gasteiger partial charge in [0, 0.05) is 13.0 Å². The van der Waals surface area contributed by atoms with E-state index in [1.807, 2.05) is 0 Å². The molecule has 0 fully saturated rings. The number of Topliss-reactive ketones (excluding diaryl/α,β-unsaturated/α-hetero) is 1. The lowest BCUT2D eigenvalue weighted by Gasteiger charge is -2.36. The van der Waals surface area contributed by atoms with E-state index in [4.69, 9.17) is 4.43 Å². The molecule has 0 amide bonds. The summed E-state index contributed by atoms with van der Waals surface area (Å²) in [7, 11) is -5.83. The fourth-order valence-electron chi connectivity index (χ4n) is 2.71. The first-order valence-electron chi connectivity index (χ1n) is 10.4. The molecule has 1 unspecified atom stereocenters. The van der Waals surface area contributed by atoms with E-state index >= 15 is 0 Å². The van der Waals surface area contributed by atoms with Gasteiger partial charge in [-0.3, -0.25) is 9.59 Å². The van der Waals surface area contributed by atoms with Gasteiger partial charge in [-0.2, -0.15) is 0 Å². The highest BCUT2D eigenvalue weighted by Crippen LogP contribution is 2.36. The molecule has 0 aliphatic rings. The highest BCUT2D eigenvalue weighted by atomic mass is 32.2. The second kappa shape index (κ2) is 11.2. The molecule has 0 aliphatic carbocycles. The molecule has 1 atom stereocenters. The maximum atomic E-state index is 13.2. The lowest BCUT2D eigenvalue weighted by atomic mass is 10.1. The maximum absolute atomic E-state index is 13.2. The van der Waals surface area contributed by atoms with Crippen molar-refractivity contribution >= 4 is 29.7 Å². The van der Waals surface area contributed by atoms with Crippen LogP contribution < -0.4 is 0 Å². The van der Waals surface area contributed by atoms with Gasteiger partial charge in [0.2, 0.25) is 0 Å². The van der Waals surface area contributed by atoms with Crippen molar-refractivity contribution in [3.63, 3.8) is 0 Å². The molecular weight excluding hydrogens is 416 g/mol. The summed E-state index contributed by atoms with van der Waals surface area (Å²) >= 11 is 0. The second-order valence-corrected chi connectivity index (χ2v) is 16.1. The van der Waals surface area contributed by atoms with E-state index in [1.54, 1.807) is 24.3 Å². The normalized spacial score (nSPS) is 14.1. The van der Waals surface area contributed by atoms with Crippen LogP contribution in [0.25, 0.3) is 0 Å². The fourth-order valence-corrected chi connectivity index (χ4v) is 5.50. The van der Waals surface area contributed by atoms with Crippen LogP contribution >= 0.6 is 0 Å². The van der Waals surface area contributed by atoms with E-state index in [0.29, 0.717) is 12.8 Å². The molecule has 0 aromatic heterocycles. The zero-order valence-electron chi connectivity index (χ0n) is 19.1. The Kier molecular flexibility index (Phi) is 9.84. The van der Waals surface area contributed by atoms with Crippen molar-refractivity contribution in [1.29, 1.82) is 0 Å². The molecule has 0 heterocycles. The van der Waals surface area contributed by atoms with Gasteiger partial charge < -0.3 is 4.43 Å². The number of unbranched alkanes of at least 4 members (excludes halogenated alkanes) is 1. The summed E-state index contributed by atoms with van der Waals surface area (Å²) in [6.07, 6.45) is 4.55. The van der Waals surface area contributed by atoms with Crippen molar-refractivity contribution < 1.29 is 22.4 Å². The number of sulfone groups is 1. The summed E-state index contributed by atoms with van der Waals surface area (Å²) in [6, 6.07) is 8.12. The van der Waals surface area contributed by atoms with Crippen LogP contribution in [0, 0.1) is 0 Å². The third-order valence-corrected chi connectivity index (χ3v) is 12.3. The van der Waals surface area contributed by atoms with E-state index in [-0.39, 0.29) is 40.9 Å². The van der Waals surface area contributed by atoms with E-state index in [0.717, 1.165) is 0 Å². The molecule has 0 aliphatic heterocycles. The topological polar surface area (TPSA) is 77.5 Å². The van der Waals surface area contributed by atoms with Crippen molar-refractivity contribution in [2.75, 3.05) is 6.61 Å². The van der Waals surface area contributed by atoms with Crippen LogP contribution in [0.2, 0.25) is 18.1 Å². The van der Waals surface area contributed by atoms with Crippen molar-refractivity contribution in [3.05, 3.63) is 42.5 Å². The lowest BCUT2D eigenvalue weighted by Crippen LogP contribution is -2.42. The lowest BCUT2D eigenvalue weighted by molar-refractivity contribution is -0.119. The summed E-state index contributed by atoms with van der Waals surface area (Å²) in [5.41, 5.74) is 0. The first-order chi connectivity index (χ1) is 13.8. The van der Waals surface area contributed by atoms with Gasteiger partial charge in [-0.1, -0.05) is 45.0 Å². The average Bonchev–Trinajstić information content (AvgIpc) is 2.64. The van der Waals surface area contributed by atoms with E-state index in [1.165, 1.54) is 25.1 Å². The van der Waals surface area contributed by atoms with Crippen molar-refractivity contribution in [2.24, 2.45) is 0 Å². The average molecular weight is 453 g/mol. The van der Waals surface area contributed by atoms with Crippen LogP contribution in [0.15, 0.2) is 47.4 Å². The quantitative estimate of drug-likeness (QED) is 0.250. The molecule has 0 saturated heterocycles. The van der Waals surface area contributed by atoms with Crippen LogP contribution in [0.4, 0.5) is 0 Å². The molecule has 168 valence electrons. The fraction of sp³-hybridized carbons (Fsp3) is 0.565. The van der Waals surface area contributed by atoms with Gasteiger partial charge in [0.05, 0.1) is 4.90 Å². The van der Waals surface area contributed by atoms with Crippen molar-refractivity contribution in [2.45, 2.75) is 81.7 Å². The predicted molar refractivity (Wildman–Crippen MR) is 124 cm³/mol. The van der Waals surface area contributed by atoms with Gasteiger partial charge >= 0.3 is 0 Å². The third-order valence-electron chi connectivity index (χ3n) is 5.60. The van der Waals surface area contributed by atoms with E-state index in [2.05, 4.69) is 33.9 Å². The molecule has 0 radical (unpaired) electrons.